The fourth-order valence-corrected chi connectivity index (χ4v) is 3.05. The van der Waals surface area contributed by atoms with E-state index in [0.717, 1.165) is 18.0 Å². The molecule has 0 amide bonds. The van der Waals surface area contributed by atoms with Crippen LogP contribution in [0.4, 0.5) is 8.78 Å². The molecule has 0 spiro atoms. The lowest BCUT2D eigenvalue weighted by Gasteiger charge is -2.23. The Morgan fingerprint density at radius 1 is 1.10 bits per heavy atom. The van der Waals surface area contributed by atoms with Crippen LogP contribution < -0.4 is 10.1 Å². The van der Waals surface area contributed by atoms with E-state index in [1.807, 2.05) is 12.1 Å². The molecular formula is C17H25F2NO. The number of nitrogens with one attached hydrogen (secondary N) is 1. The minimum Gasteiger partial charge on any atom is -0.435 e. The molecule has 21 heavy (non-hydrogen) atoms. The van der Waals surface area contributed by atoms with E-state index in [1.54, 1.807) is 12.1 Å². The highest BCUT2D eigenvalue weighted by Crippen LogP contribution is 2.25. The van der Waals surface area contributed by atoms with Crippen LogP contribution in [0, 0.1) is 5.92 Å². The van der Waals surface area contributed by atoms with Gasteiger partial charge in [-0.15, -0.1) is 0 Å². The van der Waals surface area contributed by atoms with Crippen LogP contribution in [0.15, 0.2) is 24.3 Å². The van der Waals surface area contributed by atoms with Gasteiger partial charge in [0.05, 0.1) is 0 Å². The topological polar surface area (TPSA) is 21.3 Å². The van der Waals surface area contributed by atoms with Gasteiger partial charge in [0, 0.05) is 12.6 Å². The van der Waals surface area contributed by atoms with Crippen LogP contribution in [-0.4, -0.2) is 12.7 Å². The lowest BCUT2D eigenvalue weighted by atomic mass is 9.93. The van der Waals surface area contributed by atoms with Crippen LogP contribution in [0.5, 0.6) is 5.75 Å². The van der Waals surface area contributed by atoms with Crippen molar-refractivity contribution in [3.05, 3.63) is 29.8 Å². The van der Waals surface area contributed by atoms with E-state index >= 15 is 0 Å². The molecule has 1 saturated carbocycles. The van der Waals surface area contributed by atoms with E-state index < -0.39 is 6.61 Å². The summed E-state index contributed by atoms with van der Waals surface area (Å²) in [5.41, 5.74) is 1.09. The second-order valence-electron chi connectivity index (χ2n) is 5.94. The molecule has 2 nitrogen and oxygen atoms in total. The molecule has 0 saturated heterocycles. The zero-order chi connectivity index (χ0) is 15.1. The van der Waals surface area contributed by atoms with Crippen molar-refractivity contribution in [3.63, 3.8) is 0 Å². The Bertz CT molecular complexity index is 400. The van der Waals surface area contributed by atoms with Crippen molar-refractivity contribution in [1.82, 2.24) is 5.32 Å². The molecule has 0 aromatic heterocycles. The van der Waals surface area contributed by atoms with E-state index in [4.69, 9.17) is 0 Å². The normalized spacial score (nSPS) is 18.5. The van der Waals surface area contributed by atoms with Gasteiger partial charge in [-0.05, 0) is 43.4 Å². The third-order valence-electron chi connectivity index (χ3n) is 4.38. The maximum Gasteiger partial charge on any atom is 0.387 e. The van der Waals surface area contributed by atoms with Gasteiger partial charge in [0.2, 0.25) is 0 Å². The second-order valence-corrected chi connectivity index (χ2v) is 5.94. The number of benzene rings is 1. The van der Waals surface area contributed by atoms with Crippen LogP contribution in [0.1, 0.15) is 51.0 Å². The first-order valence-corrected chi connectivity index (χ1v) is 7.92. The minimum absolute atomic E-state index is 0.213. The summed E-state index contributed by atoms with van der Waals surface area (Å²) in [6.45, 7) is 0.265. The molecule has 1 fully saturated rings. The fourth-order valence-electron chi connectivity index (χ4n) is 3.05. The molecule has 0 bridgehead atoms. The summed E-state index contributed by atoms with van der Waals surface area (Å²) in [4.78, 5) is 0. The number of ether oxygens (including phenoxy) is 1. The summed E-state index contributed by atoms with van der Waals surface area (Å²) in [5.74, 6) is 0.972. The maximum atomic E-state index is 12.1. The molecule has 1 atom stereocenters. The van der Waals surface area contributed by atoms with Gasteiger partial charge in [0.25, 0.3) is 0 Å². The van der Waals surface area contributed by atoms with Gasteiger partial charge in [0.15, 0.2) is 0 Å². The van der Waals surface area contributed by atoms with Crippen molar-refractivity contribution in [2.24, 2.45) is 5.92 Å². The van der Waals surface area contributed by atoms with Gasteiger partial charge in [-0.3, -0.25) is 0 Å². The van der Waals surface area contributed by atoms with Crippen molar-refractivity contribution < 1.29 is 13.5 Å². The quantitative estimate of drug-likeness (QED) is 0.766. The molecule has 0 radical (unpaired) electrons. The molecule has 1 aliphatic carbocycles. The summed E-state index contributed by atoms with van der Waals surface area (Å²) < 4.78 is 28.5. The molecule has 0 heterocycles. The van der Waals surface area contributed by atoms with E-state index in [-0.39, 0.29) is 5.75 Å². The Labute approximate surface area is 125 Å². The highest BCUT2D eigenvalue weighted by atomic mass is 19.3. The zero-order valence-electron chi connectivity index (χ0n) is 12.7. The van der Waals surface area contributed by atoms with Crippen molar-refractivity contribution >= 4 is 0 Å². The van der Waals surface area contributed by atoms with Crippen LogP contribution in [0.25, 0.3) is 0 Å². The van der Waals surface area contributed by atoms with Gasteiger partial charge in [-0.25, -0.2) is 0 Å². The number of hydrogen-bond acceptors (Lipinski definition) is 2. The highest BCUT2D eigenvalue weighted by Gasteiger charge is 2.18. The Morgan fingerprint density at radius 3 is 2.29 bits per heavy atom. The van der Waals surface area contributed by atoms with Gasteiger partial charge in [-0.1, -0.05) is 37.8 Å². The smallest absolute Gasteiger partial charge is 0.387 e. The van der Waals surface area contributed by atoms with Crippen LogP contribution in [0.3, 0.4) is 0 Å². The van der Waals surface area contributed by atoms with Crippen LogP contribution in [0.2, 0.25) is 0 Å². The Kier molecular flexibility index (Phi) is 6.43. The predicted molar refractivity (Wildman–Crippen MR) is 80.6 cm³/mol. The highest BCUT2D eigenvalue weighted by molar-refractivity contribution is 5.27. The van der Waals surface area contributed by atoms with Crippen molar-refractivity contribution in [2.45, 2.75) is 64.6 Å². The molecule has 1 N–H and O–H groups in total. The van der Waals surface area contributed by atoms with E-state index in [2.05, 4.69) is 17.0 Å². The lowest BCUT2D eigenvalue weighted by molar-refractivity contribution is -0.0498. The molecule has 118 valence electrons. The second kappa shape index (κ2) is 8.32. The van der Waals surface area contributed by atoms with Gasteiger partial charge >= 0.3 is 6.61 Å². The lowest BCUT2D eigenvalue weighted by Crippen LogP contribution is -2.32. The maximum absolute atomic E-state index is 12.1. The standard InChI is InChI=1S/C17H25F2NO/c1-13(15-6-4-2-3-5-7-15)20-12-14-8-10-16(11-9-14)21-17(18)19/h8-11,13,15,17,20H,2-7,12H2,1H3/t13-/m0/s1. The predicted octanol–water partition coefficient (Wildman–Crippen LogP) is 4.74. The van der Waals surface area contributed by atoms with Crippen molar-refractivity contribution in [2.75, 3.05) is 0 Å². The SMILES string of the molecule is C[C@H](NCc1ccc(OC(F)F)cc1)C1CCCCCC1. The fraction of sp³-hybridized carbons (Fsp3) is 0.647. The van der Waals surface area contributed by atoms with Gasteiger partial charge < -0.3 is 10.1 Å². The molecule has 4 heteroatoms. The molecule has 1 aromatic carbocycles. The number of halogens is 2. The Morgan fingerprint density at radius 2 is 1.71 bits per heavy atom. The molecule has 1 aliphatic rings. The number of alkyl halides is 2. The monoisotopic (exact) mass is 297 g/mol. The number of hydrogen-bond donors (Lipinski definition) is 1. The van der Waals surface area contributed by atoms with E-state index in [9.17, 15) is 8.78 Å². The average molecular weight is 297 g/mol. The first-order chi connectivity index (χ1) is 10.1. The summed E-state index contributed by atoms with van der Waals surface area (Å²) in [6, 6.07) is 7.37. The first-order valence-electron chi connectivity index (χ1n) is 7.92. The van der Waals surface area contributed by atoms with Crippen LogP contribution in [-0.2, 0) is 6.54 Å². The van der Waals surface area contributed by atoms with Gasteiger partial charge in [-0.2, -0.15) is 8.78 Å². The summed E-state index contributed by atoms with van der Waals surface area (Å²) in [6.07, 6.45) is 8.06. The summed E-state index contributed by atoms with van der Waals surface area (Å²) >= 11 is 0. The van der Waals surface area contributed by atoms with Crippen LogP contribution >= 0.6 is 0 Å². The van der Waals surface area contributed by atoms with E-state index in [1.165, 1.54) is 38.5 Å². The average Bonchev–Trinajstić information content (AvgIpc) is 2.75. The van der Waals surface area contributed by atoms with E-state index in [0.29, 0.717) is 6.04 Å². The third-order valence-corrected chi connectivity index (χ3v) is 4.38. The van der Waals surface area contributed by atoms with Gasteiger partial charge in [0.1, 0.15) is 5.75 Å². The zero-order valence-corrected chi connectivity index (χ0v) is 12.7. The first kappa shape index (κ1) is 16.2. The molecule has 1 aromatic rings. The largest absolute Gasteiger partial charge is 0.435 e. The minimum atomic E-state index is -2.76. The van der Waals surface area contributed by atoms with Crippen molar-refractivity contribution in [1.29, 1.82) is 0 Å². The van der Waals surface area contributed by atoms with Crippen molar-refractivity contribution in [3.8, 4) is 5.75 Å². The summed E-state index contributed by atoms with van der Waals surface area (Å²) in [5, 5.41) is 3.57. The molecule has 2 rings (SSSR count). The Hall–Kier alpha value is -1.16. The number of rotatable bonds is 6. The third kappa shape index (κ3) is 5.62. The molecule has 0 unspecified atom stereocenters. The Balaban J connectivity index is 1.78. The summed E-state index contributed by atoms with van der Waals surface area (Å²) in [7, 11) is 0. The molecule has 0 aliphatic heterocycles. The molecular weight excluding hydrogens is 272 g/mol.